The van der Waals surface area contributed by atoms with Crippen LogP contribution >= 0.6 is 34.2 Å². The molecule has 0 spiro atoms. The molecule has 1 atom stereocenters. The molecule has 0 N–H and O–H groups in total. The van der Waals surface area contributed by atoms with E-state index < -0.39 is 5.24 Å². The quantitative estimate of drug-likeness (QED) is 0.607. The standard InChI is InChI=1S/C11H9ClINO2/c12-11(16)7-4-10(15)14(6-7)9-3-1-2-8(13)5-9/h1-3,5,7H,4,6H2/t7-/m1/s1. The first-order chi connectivity index (χ1) is 7.58. The number of carbonyl (C=O) groups is 2. The van der Waals surface area contributed by atoms with Crippen molar-refractivity contribution in [1.29, 1.82) is 0 Å². The van der Waals surface area contributed by atoms with Crippen LogP contribution in [0.1, 0.15) is 6.42 Å². The summed E-state index contributed by atoms with van der Waals surface area (Å²) in [6, 6.07) is 7.62. The molecule has 0 aliphatic carbocycles. The highest BCUT2D eigenvalue weighted by Gasteiger charge is 2.34. The molecule has 3 nitrogen and oxygen atoms in total. The summed E-state index contributed by atoms with van der Waals surface area (Å²) in [6.07, 6.45) is 0.216. The number of hydrogen-bond acceptors (Lipinski definition) is 2. The van der Waals surface area contributed by atoms with Crippen molar-refractivity contribution in [3.63, 3.8) is 0 Å². The maximum Gasteiger partial charge on any atom is 0.227 e. The molecule has 0 aromatic heterocycles. The Bertz CT molecular complexity index is 449. The molecular formula is C11H9ClINO2. The minimum absolute atomic E-state index is 0.0407. The normalized spacial score (nSPS) is 20.2. The third kappa shape index (κ3) is 2.38. The van der Waals surface area contributed by atoms with E-state index in [1.54, 1.807) is 4.90 Å². The van der Waals surface area contributed by atoms with Crippen LogP contribution in [-0.4, -0.2) is 17.7 Å². The SMILES string of the molecule is O=C(Cl)[C@@H]1CC(=O)N(c2cccc(I)c2)C1. The lowest BCUT2D eigenvalue weighted by Gasteiger charge is -2.16. The van der Waals surface area contributed by atoms with E-state index in [-0.39, 0.29) is 18.2 Å². The summed E-state index contributed by atoms with van der Waals surface area (Å²) in [5, 5.41) is -0.429. The maximum absolute atomic E-state index is 11.7. The molecule has 1 aliphatic heterocycles. The van der Waals surface area contributed by atoms with Gasteiger partial charge in [-0.25, -0.2) is 0 Å². The number of anilines is 1. The van der Waals surface area contributed by atoms with Gasteiger partial charge in [0, 0.05) is 22.2 Å². The number of benzene rings is 1. The molecule has 0 saturated carbocycles. The van der Waals surface area contributed by atoms with Crippen molar-refractivity contribution in [2.45, 2.75) is 6.42 Å². The van der Waals surface area contributed by atoms with Crippen molar-refractivity contribution in [3.8, 4) is 0 Å². The molecule has 84 valence electrons. The third-order valence-corrected chi connectivity index (χ3v) is 3.55. The first-order valence-electron chi connectivity index (χ1n) is 4.83. The number of carbonyl (C=O) groups excluding carboxylic acids is 2. The van der Waals surface area contributed by atoms with Gasteiger partial charge in [-0.3, -0.25) is 9.59 Å². The Kier molecular flexibility index (Phi) is 3.49. The molecule has 16 heavy (non-hydrogen) atoms. The van der Waals surface area contributed by atoms with Crippen LogP contribution < -0.4 is 4.90 Å². The molecule has 1 aromatic rings. The average molecular weight is 350 g/mol. The first-order valence-corrected chi connectivity index (χ1v) is 6.29. The van der Waals surface area contributed by atoms with Crippen molar-refractivity contribution in [2.24, 2.45) is 5.92 Å². The second-order valence-corrected chi connectivity index (χ2v) is 5.31. The van der Waals surface area contributed by atoms with E-state index in [1.165, 1.54) is 0 Å². The average Bonchev–Trinajstić information content (AvgIpc) is 2.60. The van der Waals surface area contributed by atoms with Gasteiger partial charge in [-0.1, -0.05) is 6.07 Å². The fraction of sp³-hybridized carbons (Fsp3) is 0.273. The van der Waals surface area contributed by atoms with Crippen molar-refractivity contribution >= 4 is 51.0 Å². The van der Waals surface area contributed by atoms with Gasteiger partial charge in [-0.2, -0.15) is 0 Å². The molecule has 1 fully saturated rings. The van der Waals surface area contributed by atoms with Crippen LogP contribution in [0.4, 0.5) is 5.69 Å². The number of hydrogen-bond donors (Lipinski definition) is 0. The van der Waals surface area contributed by atoms with Crippen molar-refractivity contribution in [2.75, 3.05) is 11.4 Å². The summed E-state index contributed by atoms with van der Waals surface area (Å²) in [7, 11) is 0. The van der Waals surface area contributed by atoms with E-state index in [0.717, 1.165) is 9.26 Å². The summed E-state index contributed by atoms with van der Waals surface area (Å²) < 4.78 is 1.06. The van der Waals surface area contributed by atoms with Gasteiger partial charge in [0.25, 0.3) is 0 Å². The highest BCUT2D eigenvalue weighted by Crippen LogP contribution is 2.27. The summed E-state index contributed by atoms with van der Waals surface area (Å²) in [5.41, 5.74) is 0.831. The van der Waals surface area contributed by atoms with Crippen LogP contribution in [-0.2, 0) is 9.59 Å². The van der Waals surface area contributed by atoms with Crippen LogP contribution in [0.5, 0.6) is 0 Å². The first kappa shape index (κ1) is 11.9. The smallest absolute Gasteiger partial charge is 0.227 e. The van der Waals surface area contributed by atoms with Gasteiger partial charge < -0.3 is 4.90 Å². The van der Waals surface area contributed by atoms with Crippen LogP contribution in [0, 0.1) is 9.49 Å². The molecule has 2 rings (SSSR count). The van der Waals surface area contributed by atoms with Crippen molar-refractivity contribution in [3.05, 3.63) is 27.8 Å². The Morgan fingerprint density at radius 2 is 2.25 bits per heavy atom. The Hall–Kier alpha value is -0.620. The van der Waals surface area contributed by atoms with Gasteiger partial charge in [-0.05, 0) is 52.4 Å². The topological polar surface area (TPSA) is 37.4 Å². The van der Waals surface area contributed by atoms with Crippen LogP contribution in [0.3, 0.4) is 0 Å². The fourth-order valence-electron chi connectivity index (χ4n) is 1.75. The third-order valence-electron chi connectivity index (χ3n) is 2.57. The Balaban J connectivity index is 2.23. The number of rotatable bonds is 2. The largest absolute Gasteiger partial charge is 0.312 e. The summed E-state index contributed by atoms with van der Waals surface area (Å²) in [6.45, 7) is 0.390. The monoisotopic (exact) mass is 349 g/mol. The van der Waals surface area contributed by atoms with E-state index in [9.17, 15) is 9.59 Å². The Morgan fingerprint density at radius 3 is 2.81 bits per heavy atom. The highest BCUT2D eigenvalue weighted by molar-refractivity contribution is 14.1. The number of halogens is 2. The Morgan fingerprint density at radius 1 is 1.50 bits per heavy atom. The molecule has 0 radical (unpaired) electrons. The lowest BCUT2D eigenvalue weighted by Crippen LogP contribution is -2.25. The summed E-state index contributed by atoms with van der Waals surface area (Å²) >= 11 is 7.60. The van der Waals surface area contributed by atoms with E-state index in [2.05, 4.69) is 22.6 Å². The fourth-order valence-corrected chi connectivity index (χ4v) is 2.43. The van der Waals surface area contributed by atoms with Crippen LogP contribution in [0.2, 0.25) is 0 Å². The zero-order valence-electron chi connectivity index (χ0n) is 8.32. The molecule has 1 aliphatic rings. The molecule has 1 saturated heterocycles. The molecule has 1 heterocycles. The van der Waals surface area contributed by atoms with Crippen molar-refractivity contribution in [1.82, 2.24) is 0 Å². The zero-order valence-corrected chi connectivity index (χ0v) is 11.2. The van der Waals surface area contributed by atoms with Gasteiger partial charge in [0.15, 0.2) is 0 Å². The molecule has 1 amide bonds. The molecule has 0 unspecified atom stereocenters. The molecule has 1 aromatic carbocycles. The van der Waals surface area contributed by atoms with E-state index >= 15 is 0 Å². The predicted molar refractivity (Wildman–Crippen MR) is 70.5 cm³/mol. The van der Waals surface area contributed by atoms with Crippen molar-refractivity contribution < 1.29 is 9.59 Å². The molecular weight excluding hydrogens is 340 g/mol. The minimum Gasteiger partial charge on any atom is -0.312 e. The maximum atomic E-state index is 11.7. The minimum atomic E-state index is -0.429. The van der Waals surface area contributed by atoms with E-state index in [1.807, 2.05) is 24.3 Å². The summed E-state index contributed by atoms with van der Waals surface area (Å²) in [5.74, 6) is -0.409. The lowest BCUT2D eigenvalue weighted by atomic mass is 10.1. The number of amides is 1. The Labute approximate surface area is 112 Å². The molecule has 0 bridgehead atoms. The zero-order chi connectivity index (χ0) is 11.7. The van der Waals surface area contributed by atoms with E-state index in [4.69, 9.17) is 11.6 Å². The van der Waals surface area contributed by atoms with Gasteiger partial charge in [0.2, 0.25) is 11.1 Å². The molecule has 5 heteroatoms. The van der Waals surface area contributed by atoms with E-state index in [0.29, 0.717) is 6.54 Å². The second kappa shape index (κ2) is 4.71. The lowest BCUT2D eigenvalue weighted by molar-refractivity contribution is -0.120. The predicted octanol–water partition coefficient (Wildman–Crippen LogP) is 2.41. The van der Waals surface area contributed by atoms with Crippen LogP contribution in [0.15, 0.2) is 24.3 Å². The summed E-state index contributed by atoms with van der Waals surface area (Å²) in [4.78, 5) is 24.4. The van der Waals surface area contributed by atoms with Gasteiger partial charge in [0.1, 0.15) is 0 Å². The second-order valence-electron chi connectivity index (χ2n) is 3.69. The van der Waals surface area contributed by atoms with Crippen LogP contribution in [0.25, 0.3) is 0 Å². The van der Waals surface area contributed by atoms with Gasteiger partial charge in [-0.15, -0.1) is 0 Å². The highest BCUT2D eigenvalue weighted by atomic mass is 127. The van der Waals surface area contributed by atoms with Gasteiger partial charge >= 0.3 is 0 Å². The van der Waals surface area contributed by atoms with Gasteiger partial charge in [0.05, 0.1) is 5.92 Å². The number of nitrogens with zero attached hydrogens (tertiary/aromatic N) is 1.